The summed E-state index contributed by atoms with van der Waals surface area (Å²) in [5.41, 5.74) is 9.15. The van der Waals surface area contributed by atoms with Crippen LogP contribution >= 0.6 is 12.2 Å². The van der Waals surface area contributed by atoms with Crippen LogP contribution in [0.5, 0.6) is 0 Å². The van der Waals surface area contributed by atoms with Gasteiger partial charge in [-0.2, -0.15) is 0 Å². The highest BCUT2D eigenvalue weighted by Gasteiger charge is 2.05. The largest absolute Gasteiger partial charge is 0.388 e. The maximum Gasteiger partial charge on any atom is 0.120 e. The third-order valence-corrected chi connectivity index (χ3v) is 2.89. The van der Waals surface area contributed by atoms with Crippen molar-refractivity contribution < 1.29 is 0 Å². The van der Waals surface area contributed by atoms with Gasteiger partial charge in [-0.25, -0.2) is 0 Å². The number of hydrogen-bond acceptors (Lipinski definition) is 1. The van der Waals surface area contributed by atoms with Crippen LogP contribution in [0.25, 0.3) is 0 Å². The number of benzene rings is 1. The zero-order chi connectivity index (χ0) is 11.5. The minimum Gasteiger partial charge on any atom is -0.388 e. The predicted molar refractivity (Wildman–Crippen MR) is 70.6 cm³/mol. The van der Waals surface area contributed by atoms with Gasteiger partial charge in [0.05, 0.1) is 5.69 Å². The van der Waals surface area contributed by atoms with Gasteiger partial charge in [0.1, 0.15) is 4.99 Å². The van der Waals surface area contributed by atoms with Crippen LogP contribution in [0.4, 0.5) is 0 Å². The van der Waals surface area contributed by atoms with Crippen LogP contribution in [0.3, 0.4) is 0 Å². The summed E-state index contributed by atoms with van der Waals surface area (Å²) < 4.78 is 2.07. The van der Waals surface area contributed by atoms with E-state index in [9.17, 15) is 0 Å². The fourth-order valence-electron chi connectivity index (χ4n) is 1.75. The Hall–Kier alpha value is -1.61. The molecule has 0 amide bonds. The molecule has 1 heterocycles. The van der Waals surface area contributed by atoms with Gasteiger partial charge in [-0.15, -0.1) is 0 Å². The molecule has 2 N–H and O–H groups in total. The lowest BCUT2D eigenvalue weighted by molar-refractivity contribution is 0.793. The molecule has 0 fully saturated rings. The average molecular weight is 230 g/mol. The van der Waals surface area contributed by atoms with Crippen LogP contribution in [0.15, 0.2) is 42.6 Å². The molecule has 82 valence electrons. The first-order chi connectivity index (χ1) is 7.68. The fourth-order valence-corrected chi connectivity index (χ4v) is 1.93. The van der Waals surface area contributed by atoms with E-state index < -0.39 is 0 Å². The van der Waals surface area contributed by atoms with Gasteiger partial charge in [0, 0.05) is 12.7 Å². The summed E-state index contributed by atoms with van der Waals surface area (Å²) in [6.45, 7) is 2.92. The molecule has 0 unspecified atom stereocenters. The van der Waals surface area contributed by atoms with E-state index in [1.807, 2.05) is 30.5 Å². The standard InChI is InChI=1S/C13H14N2S/c1-10-5-2-3-6-11(10)9-15-8-4-7-12(15)13(14)16/h2-8H,9H2,1H3,(H2,14,16). The monoisotopic (exact) mass is 230 g/mol. The molecule has 0 aliphatic heterocycles. The molecule has 0 atom stereocenters. The van der Waals surface area contributed by atoms with Crippen LogP contribution in [-0.2, 0) is 6.54 Å². The number of nitrogens with zero attached hydrogens (tertiary/aromatic N) is 1. The zero-order valence-electron chi connectivity index (χ0n) is 9.18. The second-order valence-electron chi connectivity index (χ2n) is 3.81. The minimum absolute atomic E-state index is 0.443. The highest BCUT2D eigenvalue weighted by atomic mass is 32.1. The van der Waals surface area contributed by atoms with Gasteiger partial charge in [0.2, 0.25) is 0 Å². The number of nitrogens with two attached hydrogens (primary N) is 1. The lowest BCUT2D eigenvalue weighted by Crippen LogP contribution is -2.16. The Morgan fingerprint density at radius 1 is 1.25 bits per heavy atom. The van der Waals surface area contributed by atoms with Crippen LogP contribution in [0, 0.1) is 6.92 Å². The Balaban J connectivity index is 2.31. The number of thiocarbonyl (C=S) groups is 1. The first-order valence-corrected chi connectivity index (χ1v) is 5.59. The molecule has 1 aromatic heterocycles. The summed E-state index contributed by atoms with van der Waals surface area (Å²) in [5, 5.41) is 0. The highest BCUT2D eigenvalue weighted by molar-refractivity contribution is 7.80. The number of rotatable bonds is 3. The molecule has 0 aliphatic carbocycles. The van der Waals surface area contributed by atoms with Crippen LogP contribution in [0.2, 0.25) is 0 Å². The van der Waals surface area contributed by atoms with Crippen molar-refractivity contribution in [3.05, 3.63) is 59.4 Å². The van der Waals surface area contributed by atoms with Crippen molar-refractivity contribution in [2.75, 3.05) is 0 Å². The number of aryl methyl sites for hydroxylation is 1. The van der Waals surface area contributed by atoms with Crippen LogP contribution < -0.4 is 5.73 Å². The third kappa shape index (κ3) is 2.14. The molecule has 2 aromatic rings. The van der Waals surface area contributed by atoms with Crippen LogP contribution in [-0.4, -0.2) is 9.56 Å². The summed E-state index contributed by atoms with van der Waals surface area (Å²) in [5.74, 6) is 0. The average Bonchev–Trinajstić information content (AvgIpc) is 2.69. The van der Waals surface area contributed by atoms with E-state index in [1.165, 1.54) is 11.1 Å². The fraction of sp³-hybridized carbons (Fsp3) is 0.154. The third-order valence-electron chi connectivity index (χ3n) is 2.68. The van der Waals surface area contributed by atoms with Gasteiger partial charge >= 0.3 is 0 Å². The van der Waals surface area contributed by atoms with Gasteiger partial charge in [-0.3, -0.25) is 0 Å². The Morgan fingerprint density at radius 2 is 2.00 bits per heavy atom. The van der Waals surface area contributed by atoms with E-state index in [4.69, 9.17) is 18.0 Å². The molecule has 1 aromatic carbocycles. The van der Waals surface area contributed by atoms with Crippen LogP contribution in [0.1, 0.15) is 16.8 Å². The van der Waals surface area contributed by atoms with Crippen molar-refractivity contribution in [1.29, 1.82) is 0 Å². The Kier molecular flexibility index (Phi) is 3.06. The summed E-state index contributed by atoms with van der Waals surface area (Å²) in [6.07, 6.45) is 2.00. The Morgan fingerprint density at radius 3 is 2.69 bits per heavy atom. The molecule has 0 radical (unpaired) electrons. The molecule has 2 rings (SSSR count). The molecule has 3 heteroatoms. The normalized spacial score (nSPS) is 10.3. The quantitative estimate of drug-likeness (QED) is 0.821. The van der Waals surface area contributed by atoms with Gasteiger partial charge in [-0.05, 0) is 30.2 Å². The molecule has 0 saturated carbocycles. The lowest BCUT2D eigenvalue weighted by atomic mass is 10.1. The van der Waals surface area contributed by atoms with Crippen molar-refractivity contribution in [2.24, 2.45) is 5.73 Å². The molecule has 0 aliphatic rings. The first-order valence-electron chi connectivity index (χ1n) is 5.18. The number of aromatic nitrogens is 1. The molecule has 2 nitrogen and oxygen atoms in total. The first kappa shape index (κ1) is 10.9. The maximum absolute atomic E-state index is 5.66. The SMILES string of the molecule is Cc1ccccc1Cn1cccc1C(N)=S. The highest BCUT2D eigenvalue weighted by Crippen LogP contribution is 2.11. The summed E-state index contributed by atoms with van der Waals surface area (Å²) in [4.78, 5) is 0.443. The molecular weight excluding hydrogens is 216 g/mol. The molecular formula is C13H14N2S. The second kappa shape index (κ2) is 4.49. The van der Waals surface area contributed by atoms with E-state index in [2.05, 4.69) is 23.6 Å². The topological polar surface area (TPSA) is 30.9 Å². The Labute approximate surface area is 101 Å². The summed E-state index contributed by atoms with van der Waals surface area (Å²) in [6, 6.07) is 12.2. The molecule has 0 saturated heterocycles. The van der Waals surface area contributed by atoms with Gasteiger partial charge in [0.15, 0.2) is 0 Å². The zero-order valence-corrected chi connectivity index (χ0v) is 10.00. The van der Waals surface area contributed by atoms with Gasteiger partial charge in [-0.1, -0.05) is 36.5 Å². The minimum atomic E-state index is 0.443. The molecule has 0 bridgehead atoms. The van der Waals surface area contributed by atoms with Crippen molar-refractivity contribution in [2.45, 2.75) is 13.5 Å². The summed E-state index contributed by atoms with van der Waals surface area (Å²) >= 11 is 5.01. The van der Waals surface area contributed by atoms with Gasteiger partial charge in [0.25, 0.3) is 0 Å². The molecule has 0 spiro atoms. The van der Waals surface area contributed by atoms with Crippen molar-refractivity contribution in [1.82, 2.24) is 4.57 Å². The van der Waals surface area contributed by atoms with Crippen molar-refractivity contribution >= 4 is 17.2 Å². The summed E-state index contributed by atoms with van der Waals surface area (Å²) in [7, 11) is 0. The van der Waals surface area contributed by atoms with Gasteiger partial charge < -0.3 is 10.3 Å². The lowest BCUT2D eigenvalue weighted by Gasteiger charge is -2.10. The van der Waals surface area contributed by atoms with Crippen molar-refractivity contribution in [3.8, 4) is 0 Å². The predicted octanol–water partition coefficient (Wildman–Crippen LogP) is 2.48. The van der Waals surface area contributed by atoms with Crippen molar-refractivity contribution in [3.63, 3.8) is 0 Å². The van der Waals surface area contributed by atoms with E-state index in [0.29, 0.717) is 4.99 Å². The maximum atomic E-state index is 5.66. The number of hydrogen-bond donors (Lipinski definition) is 1. The van der Waals surface area contributed by atoms with E-state index >= 15 is 0 Å². The molecule has 16 heavy (non-hydrogen) atoms. The van der Waals surface area contributed by atoms with E-state index in [1.54, 1.807) is 0 Å². The Bertz CT molecular complexity index is 514. The second-order valence-corrected chi connectivity index (χ2v) is 4.25. The van der Waals surface area contributed by atoms with E-state index in [0.717, 1.165) is 12.2 Å². The van der Waals surface area contributed by atoms with E-state index in [-0.39, 0.29) is 0 Å². The smallest absolute Gasteiger partial charge is 0.120 e.